The highest BCUT2D eigenvalue weighted by Crippen LogP contribution is 2.37. The molecule has 0 amide bonds. The predicted molar refractivity (Wildman–Crippen MR) is 90.2 cm³/mol. The molecule has 1 aliphatic rings. The fourth-order valence-corrected chi connectivity index (χ4v) is 4.23. The van der Waals surface area contributed by atoms with E-state index in [9.17, 15) is 8.42 Å². The van der Waals surface area contributed by atoms with Crippen LogP contribution >= 0.6 is 11.6 Å². The average molecular weight is 369 g/mol. The highest BCUT2D eigenvalue weighted by Gasteiger charge is 2.25. The van der Waals surface area contributed by atoms with Crippen LogP contribution < -0.4 is 14.2 Å². The van der Waals surface area contributed by atoms with E-state index in [0.717, 1.165) is 5.69 Å². The molecule has 1 aromatic heterocycles. The lowest BCUT2D eigenvalue weighted by atomic mass is 10.2. The largest absolute Gasteiger partial charge is 0.486 e. The number of hydrogen-bond donors (Lipinski definition) is 1. The van der Waals surface area contributed by atoms with Crippen LogP contribution in [0.2, 0.25) is 5.02 Å². The van der Waals surface area contributed by atoms with Crippen molar-refractivity contribution in [2.45, 2.75) is 24.3 Å². The summed E-state index contributed by atoms with van der Waals surface area (Å²) in [6.45, 7) is 2.56. The van der Waals surface area contributed by atoms with Gasteiger partial charge < -0.3 is 9.47 Å². The number of nitrogens with zero attached hydrogens (tertiary/aromatic N) is 1. The minimum absolute atomic E-state index is 0.0266. The summed E-state index contributed by atoms with van der Waals surface area (Å²) < 4.78 is 38.7. The van der Waals surface area contributed by atoms with E-state index < -0.39 is 10.0 Å². The molecule has 24 heavy (non-hydrogen) atoms. The number of nitrogens with one attached hydrogen (secondary N) is 1. The number of sulfonamides is 1. The molecule has 0 spiro atoms. The molecule has 1 aromatic carbocycles. The predicted octanol–water partition coefficient (Wildman–Crippen LogP) is 2.42. The summed E-state index contributed by atoms with van der Waals surface area (Å²) in [7, 11) is -3.79. The van der Waals surface area contributed by atoms with E-state index >= 15 is 0 Å². The maximum absolute atomic E-state index is 12.6. The van der Waals surface area contributed by atoms with Gasteiger partial charge in [0, 0.05) is 36.5 Å². The fraction of sp³-hybridized carbons (Fsp3) is 0.312. The zero-order chi connectivity index (χ0) is 17.2. The Kier molecular flexibility index (Phi) is 4.93. The molecule has 2 aromatic rings. The van der Waals surface area contributed by atoms with Crippen LogP contribution in [0.25, 0.3) is 0 Å². The third-order valence-corrected chi connectivity index (χ3v) is 5.54. The molecule has 0 bridgehead atoms. The molecule has 0 saturated heterocycles. The van der Waals surface area contributed by atoms with Crippen LogP contribution in [0.3, 0.4) is 0 Å². The topological polar surface area (TPSA) is 77.5 Å². The quantitative estimate of drug-likeness (QED) is 0.876. The van der Waals surface area contributed by atoms with E-state index in [1.807, 2.05) is 18.2 Å². The van der Waals surface area contributed by atoms with Gasteiger partial charge in [-0.05, 0) is 19.1 Å². The second kappa shape index (κ2) is 6.96. The van der Waals surface area contributed by atoms with Crippen molar-refractivity contribution in [1.82, 2.24) is 9.71 Å². The molecular formula is C16H17ClN2O4S. The maximum atomic E-state index is 12.6. The summed E-state index contributed by atoms with van der Waals surface area (Å²) in [6, 6.07) is 8.05. The SMILES string of the molecule is C[C@H](Cc1ccccn1)NS(=O)(=O)c1cc2c(cc1Cl)OCCO2. The molecule has 0 saturated carbocycles. The monoisotopic (exact) mass is 368 g/mol. The first kappa shape index (κ1) is 17.0. The van der Waals surface area contributed by atoms with Gasteiger partial charge in [-0.3, -0.25) is 4.98 Å². The fourth-order valence-electron chi connectivity index (χ4n) is 2.45. The number of hydrogen-bond acceptors (Lipinski definition) is 5. The Morgan fingerprint density at radius 2 is 1.96 bits per heavy atom. The van der Waals surface area contributed by atoms with Crippen LogP contribution in [-0.4, -0.2) is 32.7 Å². The molecule has 8 heteroatoms. The Morgan fingerprint density at radius 3 is 2.62 bits per heavy atom. The molecular weight excluding hydrogens is 352 g/mol. The van der Waals surface area contributed by atoms with Gasteiger partial charge in [0.15, 0.2) is 11.5 Å². The Hall–Kier alpha value is -1.83. The van der Waals surface area contributed by atoms with Crippen molar-refractivity contribution in [3.63, 3.8) is 0 Å². The molecule has 3 rings (SSSR count). The average Bonchev–Trinajstić information content (AvgIpc) is 2.54. The lowest BCUT2D eigenvalue weighted by Crippen LogP contribution is -2.34. The van der Waals surface area contributed by atoms with Gasteiger partial charge in [0.05, 0.1) is 5.02 Å². The van der Waals surface area contributed by atoms with Gasteiger partial charge in [0.1, 0.15) is 18.1 Å². The number of ether oxygens (including phenoxy) is 2. The Bertz CT molecular complexity index is 827. The first-order chi connectivity index (χ1) is 11.5. The van der Waals surface area contributed by atoms with Crippen LogP contribution in [-0.2, 0) is 16.4 Å². The van der Waals surface area contributed by atoms with E-state index in [1.54, 1.807) is 13.1 Å². The third-order valence-electron chi connectivity index (χ3n) is 3.48. The van der Waals surface area contributed by atoms with Crippen molar-refractivity contribution in [3.8, 4) is 11.5 Å². The number of halogens is 1. The van der Waals surface area contributed by atoms with Gasteiger partial charge in [-0.1, -0.05) is 17.7 Å². The lowest BCUT2D eigenvalue weighted by molar-refractivity contribution is 0.171. The molecule has 0 fully saturated rings. The first-order valence-corrected chi connectivity index (χ1v) is 9.33. The van der Waals surface area contributed by atoms with Crippen LogP contribution in [0, 0.1) is 0 Å². The number of benzene rings is 1. The zero-order valence-electron chi connectivity index (χ0n) is 13.0. The number of rotatable bonds is 5. The van der Waals surface area contributed by atoms with Crippen molar-refractivity contribution < 1.29 is 17.9 Å². The smallest absolute Gasteiger partial charge is 0.242 e. The maximum Gasteiger partial charge on any atom is 0.242 e. The van der Waals surface area contributed by atoms with Crippen LogP contribution in [0.4, 0.5) is 0 Å². The van der Waals surface area contributed by atoms with Crippen molar-refractivity contribution in [3.05, 3.63) is 47.2 Å². The summed E-state index contributed by atoms with van der Waals surface area (Å²) in [6.07, 6.45) is 2.15. The summed E-state index contributed by atoms with van der Waals surface area (Å²) in [5, 5.41) is 0.0942. The van der Waals surface area contributed by atoms with Crippen molar-refractivity contribution >= 4 is 21.6 Å². The highest BCUT2D eigenvalue weighted by atomic mass is 35.5. The van der Waals surface area contributed by atoms with Crippen LogP contribution in [0.1, 0.15) is 12.6 Å². The molecule has 1 atom stereocenters. The second-order valence-electron chi connectivity index (χ2n) is 5.47. The molecule has 6 nitrogen and oxygen atoms in total. The van der Waals surface area contributed by atoms with Crippen molar-refractivity contribution in [2.75, 3.05) is 13.2 Å². The normalized spacial score (nSPS) is 15.1. The van der Waals surface area contributed by atoms with E-state index in [2.05, 4.69) is 9.71 Å². The lowest BCUT2D eigenvalue weighted by Gasteiger charge is -2.20. The number of aromatic nitrogens is 1. The minimum Gasteiger partial charge on any atom is -0.486 e. The molecule has 1 aliphatic heterocycles. The van der Waals surface area contributed by atoms with Gasteiger partial charge >= 0.3 is 0 Å². The Labute approximate surface area is 145 Å². The zero-order valence-corrected chi connectivity index (χ0v) is 14.6. The highest BCUT2D eigenvalue weighted by molar-refractivity contribution is 7.89. The molecule has 1 N–H and O–H groups in total. The third kappa shape index (κ3) is 3.80. The summed E-state index contributed by atoms with van der Waals surface area (Å²) >= 11 is 6.12. The van der Waals surface area contributed by atoms with Crippen LogP contribution in [0.5, 0.6) is 11.5 Å². The second-order valence-corrected chi connectivity index (χ2v) is 7.56. The van der Waals surface area contributed by atoms with Gasteiger partial charge in [-0.2, -0.15) is 0 Å². The Morgan fingerprint density at radius 1 is 1.25 bits per heavy atom. The van der Waals surface area contributed by atoms with Gasteiger partial charge in [0.2, 0.25) is 10.0 Å². The van der Waals surface area contributed by atoms with Gasteiger partial charge in [-0.15, -0.1) is 0 Å². The van der Waals surface area contributed by atoms with Gasteiger partial charge in [-0.25, -0.2) is 13.1 Å². The van der Waals surface area contributed by atoms with Crippen LogP contribution in [0.15, 0.2) is 41.4 Å². The molecule has 0 aliphatic carbocycles. The van der Waals surface area contributed by atoms with E-state index in [1.165, 1.54) is 12.1 Å². The molecule has 2 heterocycles. The molecule has 0 radical (unpaired) electrons. The molecule has 128 valence electrons. The summed E-state index contributed by atoms with van der Waals surface area (Å²) in [5.41, 5.74) is 0.806. The number of fused-ring (bicyclic) bond motifs is 1. The molecule has 0 unspecified atom stereocenters. The first-order valence-electron chi connectivity index (χ1n) is 7.47. The summed E-state index contributed by atoms with van der Waals surface area (Å²) in [5.74, 6) is 0.829. The van der Waals surface area contributed by atoms with Crippen molar-refractivity contribution in [1.29, 1.82) is 0 Å². The number of pyridine rings is 1. The van der Waals surface area contributed by atoms with Crippen molar-refractivity contribution in [2.24, 2.45) is 0 Å². The standard InChI is InChI=1S/C16H17ClN2O4S/c1-11(8-12-4-2-3-5-18-12)19-24(20,21)16-10-15-14(9-13(16)17)22-6-7-23-15/h2-5,9-11,19H,6-8H2,1H3/t11-/m1/s1. The van der Waals surface area contributed by atoms with E-state index in [-0.39, 0.29) is 16.0 Å². The van der Waals surface area contributed by atoms with Gasteiger partial charge in [0.25, 0.3) is 0 Å². The summed E-state index contributed by atoms with van der Waals surface area (Å²) in [4.78, 5) is 4.17. The van der Waals surface area contributed by atoms with E-state index in [4.69, 9.17) is 21.1 Å². The minimum atomic E-state index is -3.79. The van der Waals surface area contributed by atoms with E-state index in [0.29, 0.717) is 31.1 Å². The Balaban J connectivity index is 1.80.